The van der Waals surface area contributed by atoms with E-state index in [2.05, 4.69) is 9.97 Å². The standard InChI is InChI=1S/C14H14FN3O/c15-8-11(9-16)10-19-13-4-2-12(3-5-13)14-17-6-1-7-18-14/h1-8H,9-10,16H2. The van der Waals surface area contributed by atoms with Crippen LogP contribution in [0.25, 0.3) is 11.4 Å². The number of rotatable bonds is 5. The summed E-state index contributed by atoms with van der Waals surface area (Å²) in [6.07, 6.45) is 3.85. The lowest BCUT2D eigenvalue weighted by Crippen LogP contribution is -2.10. The van der Waals surface area contributed by atoms with Gasteiger partial charge in [0.25, 0.3) is 0 Å². The molecular formula is C14H14FN3O. The highest BCUT2D eigenvalue weighted by Gasteiger charge is 2.01. The van der Waals surface area contributed by atoms with Gasteiger partial charge in [-0.1, -0.05) is 0 Å². The second-order valence-corrected chi connectivity index (χ2v) is 3.86. The molecule has 0 aliphatic carbocycles. The van der Waals surface area contributed by atoms with Crippen LogP contribution in [0, 0.1) is 0 Å². The summed E-state index contributed by atoms with van der Waals surface area (Å²) in [4.78, 5) is 8.30. The number of halogens is 1. The molecule has 0 aliphatic heterocycles. The molecule has 1 heterocycles. The Morgan fingerprint density at radius 2 is 1.89 bits per heavy atom. The van der Waals surface area contributed by atoms with Gasteiger partial charge in [0.2, 0.25) is 0 Å². The maximum absolute atomic E-state index is 12.3. The molecule has 0 bridgehead atoms. The van der Waals surface area contributed by atoms with Crippen LogP contribution >= 0.6 is 0 Å². The zero-order chi connectivity index (χ0) is 13.5. The molecule has 0 radical (unpaired) electrons. The second kappa shape index (κ2) is 6.61. The lowest BCUT2D eigenvalue weighted by molar-refractivity contribution is 0.347. The van der Waals surface area contributed by atoms with Crippen LogP contribution in [0.3, 0.4) is 0 Å². The number of ether oxygens (including phenoxy) is 1. The van der Waals surface area contributed by atoms with E-state index in [0.717, 1.165) is 5.56 Å². The minimum Gasteiger partial charge on any atom is -0.489 e. The number of hydrogen-bond acceptors (Lipinski definition) is 4. The van der Waals surface area contributed by atoms with E-state index in [4.69, 9.17) is 10.5 Å². The van der Waals surface area contributed by atoms with E-state index in [0.29, 0.717) is 23.5 Å². The predicted molar refractivity (Wildman–Crippen MR) is 71.2 cm³/mol. The Labute approximate surface area is 110 Å². The zero-order valence-electron chi connectivity index (χ0n) is 10.3. The van der Waals surface area contributed by atoms with Crippen molar-refractivity contribution in [2.45, 2.75) is 0 Å². The molecule has 1 aromatic carbocycles. The van der Waals surface area contributed by atoms with Gasteiger partial charge in [-0.05, 0) is 30.3 Å². The van der Waals surface area contributed by atoms with Crippen molar-refractivity contribution in [2.24, 2.45) is 5.73 Å². The Morgan fingerprint density at radius 1 is 1.21 bits per heavy atom. The van der Waals surface area contributed by atoms with Crippen molar-refractivity contribution in [3.63, 3.8) is 0 Å². The summed E-state index contributed by atoms with van der Waals surface area (Å²) < 4.78 is 17.7. The van der Waals surface area contributed by atoms with Crippen molar-refractivity contribution in [2.75, 3.05) is 13.2 Å². The van der Waals surface area contributed by atoms with E-state index < -0.39 is 0 Å². The van der Waals surface area contributed by atoms with Gasteiger partial charge >= 0.3 is 0 Å². The first-order chi connectivity index (χ1) is 9.33. The highest BCUT2D eigenvalue weighted by Crippen LogP contribution is 2.19. The molecule has 0 spiro atoms. The maximum Gasteiger partial charge on any atom is 0.159 e. The van der Waals surface area contributed by atoms with Gasteiger partial charge in [-0.2, -0.15) is 0 Å². The van der Waals surface area contributed by atoms with Crippen LogP contribution in [0.4, 0.5) is 4.39 Å². The van der Waals surface area contributed by atoms with Crippen LogP contribution in [-0.2, 0) is 0 Å². The number of nitrogens with two attached hydrogens (primary N) is 1. The third kappa shape index (κ3) is 3.59. The largest absolute Gasteiger partial charge is 0.489 e. The monoisotopic (exact) mass is 259 g/mol. The summed E-state index contributed by atoms with van der Waals surface area (Å²) in [5.74, 6) is 1.30. The van der Waals surface area contributed by atoms with Crippen molar-refractivity contribution in [3.05, 3.63) is 54.6 Å². The van der Waals surface area contributed by atoms with E-state index in [-0.39, 0.29) is 13.2 Å². The van der Waals surface area contributed by atoms with E-state index in [1.165, 1.54) is 0 Å². The Kier molecular flexibility index (Phi) is 4.58. The van der Waals surface area contributed by atoms with Gasteiger partial charge in [0.15, 0.2) is 5.82 Å². The molecule has 0 atom stereocenters. The summed E-state index contributed by atoms with van der Waals surface area (Å²) in [5.41, 5.74) is 6.65. The third-order valence-electron chi connectivity index (χ3n) is 2.52. The number of aromatic nitrogens is 2. The van der Waals surface area contributed by atoms with Crippen molar-refractivity contribution >= 4 is 0 Å². The van der Waals surface area contributed by atoms with Crippen LogP contribution in [0.2, 0.25) is 0 Å². The first-order valence-corrected chi connectivity index (χ1v) is 5.82. The van der Waals surface area contributed by atoms with Crippen LogP contribution < -0.4 is 10.5 Å². The van der Waals surface area contributed by atoms with Gasteiger partial charge in [-0.3, -0.25) is 0 Å². The van der Waals surface area contributed by atoms with Crippen molar-refractivity contribution in [1.29, 1.82) is 0 Å². The lowest BCUT2D eigenvalue weighted by atomic mass is 10.2. The topological polar surface area (TPSA) is 61.0 Å². The molecule has 0 saturated heterocycles. The zero-order valence-corrected chi connectivity index (χ0v) is 10.3. The summed E-state index contributed by atoms with van der Waals surface area (Å²) >= 11 is 0. The first kappa shape index (κ1) is 13.2. The molecule has 1 aromatic heterocycles. The maximum atomic E-state index is 12.3. The molecule has 0 aliphatic rings. The van der Waals surface area contributed by atoms with E-state index in [1.54, 1.807) is 30.6 Å². The van der Waals surface area contributed by atoms with Gasteiger partial charge in [0.05, 0.1) is 6.33 Å². The third-order valence-corrected chi connectivity index (χ3v) is 2.52. The summed E-state index contributed by atoms with van der Waals surface area (Å²) in [7, 11) is 0. The van der Waals surface area contributed by atoms with Crippen molar-refractivity contribution in [1.82, 2.24) is 9.97 Å². The molecule has 2 N–H and O–H groups in total. The molecule has 2 aromatic rings. The molecular weight excluding hydrogens is 245 g/mol. The minimum absolute atomic E-state index is 0.145. The highest BCUT2D eigenvalue weighted by molar-refractivity contribution is 5.55. The molecule has 0 unspecified atom stereocenters. The molecule has 98 valence electrons. The van der Waals surface area contributed by atoms with E-state index >= 15 is 0 Å². The predicted octanol–water partition coefficient (Wildman–Crippen LogP) is 2.33. The highest BCUT2D eigenvalue weighted by atomic mass is 19.1. The fourth-order valence-corrected chi connectivity index (χ4v) is 1.46. The van der Waals surface area contributed by atoms with Crippen LogP contribution in [0.15, 0.2) is 54.6 Å². The Morgan fingerprint density at radius 3 is 2.47 bits per heavy atom. The summed E-state index contributed by atoms with van der Waals surface area (Å²) in [5, 5.41) is 0. The smallest absolute Gasteiger partial charge is 0.159 e. The molecule has 4 nitrogen and oxygen atoms in total. The number of hydrogen-bond donors (Lipinski definition) is 1. The second-order valence-electron chi connectivity index (χ2n) is 3.86. The van der Waals surface area contributed by atoms with Gasteiger partial charge < -0.3 is 10.5 Å². The SMILES string of the molecule is NCC(=CF)COc1ccc(-c2ncccn2)cc1. The summed E-state index contributed by atoms with van der Waals surface area (Å²) in [6, 6.07) is 9.05. The average molecular weight is 259 g/mol. The summed E-state index contributed by atoms with van der Waals surface area (Å²) in [6.45, 7) is 0.292. The normalized spacial score (nSPS) is 11.4. The quantitative estimate of drug-likeness (QED) is 0.895. The lowest BCUT2D eigenvalue weighted by Gasteiger charge is -2.07. The molecule has 0 fully saturated rings. The number of benzene rings is 1. The van der Waals surface area contributed by atoms with Gasteiger partial charge in [0.1, 0.15) is 12.4 Å². The molecule has 0 amide bonds. The van der Waals surface area contributed by atoms with E-state index in [9.17, 15) is 4.39 Å². The van der Waals surface area contributed by atoms with Gasteiger partial charge in [-0.15, -0.1) is 0 Å². The Bertz CT molecular complexity index is 540. The van der Waals surface area contributed by atoms with Gasteiger partial charge in [-0.25, -0.2) is 14.4 Å². The Hall–Kier alpha value is -2.27. The molecule has 0 saturated carbocycles. The fourth-order valence-electron chi connectivity index (χ4n) is 1.46. The first-order valence-electron chi connectivity index (χ1n) is 5.82. The van der Waals surface area contributed by atoms with Crippen LogP contribution in [-0.4, -0.2) is 23.1 Å². The Balaban J connectivity index is 2.03. The molecule has 5 heteroatoms. The molecule has 2 rings (SSSR count). The minimum atomic E-state index is 0.145. The fraction of sp³-hybridized carbons (Fsp3) is 0.143. The van der Waals surface area contributed by atoms with E-state index in [1.807, 2.05) is 12.1 Å². The molecule has 19 heavy (non-hydrogen) atoms. The number of nitrogens with zero attached hydrogens (tertiary/aromatic N) is 2. The van der Waals surface area contributed by atoms with Gasteiger partial charge in [0, 0.05) is 30.1 Å². The van der Waals surface area contributed by atoms with Crippen molar-refractivity contribution in [3.8, 4) is 17.1 Å². The van der Waals surface area contributed by atoms with Crippen LogP contribution in [0.1, 0.15) is 0 Å². The van der Waals surface area contributed by atoms with Crippen LogP contribution in [0.5, 0.6) is 5.75 Å². The van der Waals surface area contributed by atoms with Crippen molar-refractivity contribution < 1.29 is 9.13 Å². The average Bonchev–Trinajstić information content (AvgIpc) is 2.50.